The molecule has 0 radical (unpaired) electrons. The van der Waals surface area contributed by atoms with E-state index in [1.807, 2.05) is 48.5 Å². The molecule has 1 saturated heterocycles. The maximum atomic E-state index is 12.7. The van der Waals surface area contributed by atoms with E-state index >= 15 is 0 Å². The van der Waals surface area contributed by atoms with E-state index in [-0.39, 0.29) is 5.91 Å². The zero-order valence-electron chi connectivity index (χ0n) is 19.6. The second kappa shape index (κ2) is 11.0. The molecule has 35 heavy (non-hydrogen) atoms. The standard InChI is InChI=1S/C28H29ClN4O2/c29-24-9-6-22(7-10-24)28-25(11-13-27(34)30-14-15-32-16-18-35-19-17-32)33-20-23(8-12-26(33)31-28)21-4-2-1-3-5-21/h1-10,12,20H,11,13-19H2,(H,30,34). The van der Waals surface area contributed by atoms with Crippen LogP contribution in [0.5, 0.6) is 0 Å². The number of hydrogen-bond acceptors (Lipinski definition) is 4. The van der Waals surface area contributed by atoms with E-state index in [0.717, 1.165) is 66.6 Å². The zero-order valence-corrected chi connectivity index (χ0v) is 20.4. The number of nitrogens with one attached hydrogen (secondary N) is 1. The minimum Gasteiger partial charge on any atom is -0.379 e. The van der Waals surface area contributed by atoms with Crippen LogP contribution in [0.1, 0.15) is 12.1 Å². The van der Waals surface area contributed by atoms with Crippen LogP contribution in [-0.4, -0.2) is 59.6 Å². The van der Waals surface area contributed by atoms with Crippen LogP contribution < -0.4 is 5.32 Å². The number of morpholine rings is 1. The van der Waals surface area contributed by atoms with Gasteiger partial charge >= 0.3 is 0 Å². The highest BCUT2D eigenvalue weighted by molar-refractivity contribution is 6.30. The lowest BCUT2D eigenvalue weighted by atomic mass is 10.1. The molecule has 1 amide bonds. The lowest BCUT2D eigenvalue weighted by Crippen LogP contribution is -2.41. The number of hydrogen-bond donors (Lipinski definition) is 1. The molecule has 2 aromatic carbocycles. The summed E-state index contributed by atoms with van der Waals surface area (Å²) in [6, 6.07) is 22.1. The van der Waals surface area contributed by atoms with Crippen molar-refractivity contribution in [3.63, 3.8) is 0 Å². The maximum absolute atomic E-state index is 12.7. The molecule has 0 bridgehead atoms. The van der Waals surface area contributed by atoms with Crippen molar-refractivity contribution in [3.8, 4) is 22.4 Å². The molecule has 7 heteroatoms. The maximum Gasteiger partial charge on any atom is 0.220 e. The summed E-state index contributed by atoms with van der Waals surface area (Å²) in [5.74, 6) is 0.0504. The van der Waals surface area contributed by atoms with Gasteiger partial charge in [-0.05, 0) is 41.8 Å². The van der Waals surface area contributed by atoms with Gasteiger partial charge in [-0.3, -0.25) is 9.69 Å². The fourth-order valence-electron chi connectivity index (χ4n) is 4.47. The van der Waals surface area contributed by atoms with Crippen molar-refractivity contribution in [3.05, 3.63) is 83.6 Å². The molecular weight excluding hydrogens is 460 g/mol. The van der Waals surface area contributed by atoms with Gasteiger partial charge in [0.25, 0.3) is 0 Å². The first kappa shape index (κ1) is 23.5. The van der Waals surface area contributed by atoms with E-state index in [2.05, 4.69) is 39.0 Å². The topological polar surface area (TPSA) is 58.9 Å². The largest absolute Gasteiger partial charge is 0.379 e. The average Bonchev–Trinajstić information content (AvgIpc) is 3.27. The van der Waals surface area contributed by atoms with E-state index in [0.29, 0.717) is 24.4 Å². The van der Waals surface area contributed by atoms with Crippen LogP contribution in [0.25, 0.3) is 28.0 Å². The number of halogens is 1. The number of benzene rings is 2. The molecule has 1 fully saturated rings. The van der Waals surface area contributed by atoms with Crippen molar-refractivity contribution in [2.75, 3.05) is 39.4 Å². The summed E-state index contributed by atoms with van der Waals surface area (Å²) < 4.78 is 7.51. The number of ether oxygens (including phenoxy) is 1. The minimum absolute atomic E-state index is 0.0504. The van der Waals surface area contributed by atoms with Crippen LogP contribution in [0.2, 0.25) is 5.02 Å². The molecule has 1 aliphatic rings. The third kappa shape index (κ3) is 5.73. The highest BCUT2D eigenvalue weighted by Crippen LogP contribution is 2.29. The van der Waals surface area contributed by atoms with Crippen molar-refractivity contribution < 1.29 is 9.53 Å². The Morgan fingerprint density at radius 2 is 1.69 bits per heavy atom. The number of fused-ring (bicyclic) bond motifs is 1. The van der Waals surface area contributed by atoms with Gasteiger partial charge < -0.3 is 14.5 Å². The summed E-state index contributed by atoms with van der Waals surface area (Å²) in [6.07, 6.45) is 3.09. The van der Waals surface area contributed by atoms with Gasteiger partial charge in [-0.15, -0.1) is 0 Å². The molecule has 4 aromatic rings. The molecule has 6 nitrogen and oxygen atoms in total. The van der Waals surface area contributed by atoms with Crippen molar-refractivity contribution in [1.29, 1.82) is 0 Å². The smallest absolute Gasteiger partial charge is 0.220 e. The van der Waals surface area contributed by atoms with E-state index in [9.17, 15) is 4.79 Å². The van der Waals surface area contributed by atoms with Gasteiger partial charge in [0, 0.05) is 49.4 Å². The summed E-state index contributed by atoms with van der Waals surface area (Å²) in [7, 11) is 0. The van der Waals surface area contributed by atoms with Gasteiger partial charge in [0.2, 0.25) is 5.91 Å². The number of nitrogens with zero attached hydrogens (tertiary/aromatic N) is 3. The number of imidazole rings is 1. The second-order valence-electron chi connectivity index (χ2n) is 8.73. The summed E-state index contributed by atoms with van der Waals surface area (Å²) in [6.45, 7) is 4.87. The monoisotopic (exact) mass is 488 g/mol. The Balaban J connectivity index is 1.37. The predicted molar refractivity (Wildman–Crippen MR) is 140 cm³/mol. The number of rotatable bonds is 8. The van der Waals surface area contributed by atoms with Crippen molar-refractivity contribution in [2.24, 2.45) is 0 Å². The predicted octanol–water partition coefficient (Wildman–Crippen LogP) is 4.70. The lowest BCUT2D eigenvalue weighted by Gasteiger charge is -2.26. The van der Waals surface area contributed by atoms with E-state index in [4.69, 9.17) is 21.3 Å². The number of carbonyl (C=O) groups is 1. The normalized spacial score (nSPS) is 14.3. The molecule has 180 valence electrons. The molecule has 3 heterocycles. The Kier molecular flexibility index (Phi) is 7.42. The Labute approximate surface area is 210 Å². The second-order valence-corrected chi connectivity index (χ2v) is 9.17. The van der Waals surface area contributed by atoms with Crippen LogP contribution in [0, 0.1) is 0 Å². The fourth-order valence-corrected chi connectivity index (χ4v) is 4.60. The van der Waals surface area contributed by atoms with Crippen molar-refractivity contribution in [1.82, 2.24) is 19.6 Å². The van der Waals surface area contributed by atoms with Gasteiger partial charge in [0.05, 0.1) is 24.6 Å². The number of carbonyl (C=O) groups excluding carboxylic acids is 1. The Morgan fingerprint density at radius 3 is 2.46 bits per heavy atom. The average molecular weight is 489 g/mol. The van der Waals surface area contributed by atoms with E-state index < -0.39 is 0 Å². The summed E-state index contributed by atoms with van der Waals surface area (Å²) in [5.41, 5.74) is 5.99. The van der Waals surface area contributed by atoms with Gasteiger partial charge in [-0.25, -0.2) is 4.98 Å². The zero-order chi connectivity index (χ0) is 24.0. The third-order valence-corrected chi connectivity index (χ3v) is 6.64. The van der Waals surface area contributed by atoms with Crippen LogP contribution in [0.3, 0.4) is 0 Å². The van der Waals surface area contributed by atoms with Crippen LogP contribution in [-0.2, 0) is 16.0 Å². The number of pyridine rings is 1. The summed E-state index contributed by atoms with van der Waals surface area (Å²) in [5, 5.41) is 3.76. The first-order chi connectivity index (χ1) is 17.2. The van der Waals surface area contributed by atoms with Crippen LogP contribution in [0.4, 0.5) is 0 Å². The van der Waals surface area contributed by atoms with Crippen molar-refractivity contribution >= 4 is 23.2 Å². The van der Waals surface area contributed by atoms with E-state index in [1.165, 1.54) is 0 Å². The Bertz CT molecular complexity index is 1280. The van der Waals surface area contributed by atoms with Gasteiger partial charge in [-0.1, -0.05) is 54.1 Å². The quantitative estimate of drug-likeness (QED) is 0.390. The number of aryl methyl sites for hydroxylation is 1. The highest BCUT2D eigenvalue weighted by atomic mass is 35.5. The van der Waals surface area contributed by atoms with Gasteiger partial charge in [0.1, 0.15) is 5.65 Å². The number of aromatic nitrogens is 2. The molecule has 1 aliphatic heterocycles. The van der Waals surface area contributed by atoms with Crippen LogP contribution in [0.15, 0.2) is 72.9 Å². The minimum atomic E-state index is 0.0504. The molecule has 2 aromatic heterocycles. The summed E-state index contributed by atoms with van der Waals surface area (Å²) in [4.78, 5) is 19.9. The molecule has 0 unspecified atom stereocenters. The Morgan fingerprint density at radius 1 is 0.943 bits per heavy atom. The molecule has 0 saturated carbocycles. The molecule has 0 atom stereocenters. The molecule has 5 rings (SSSR count). The van der Waals surface area contributed by atoms with Gasteiger partial charge in [0.15, 0.2) is 0 Å². The van der Waals surface area contributed by atoms with Crippen LogP contribution >= 0.6 is 11.6 Å². The fraction of sp³-hybridized carbons (Fsp3) is 0.286. The first-order valence-electron chi connectivity index (χ1n) is 12.1. The molecular formula is C28H29ClN4O2. The molecule has 1 N–H and O–H groups in total. The number of amides is 1. The molecule has 0 aliphatic carbocycles. The van der Waals surface area contributed by atoms with Crippen molar-refractivity contribution in [2.45, 2.75) is 12.8 Å². The van der Waals surface area contributed by atoms with Gasteiger partial charge in [-0.2, -0.15) is 0 Å². The SMILES string of the molecule is O=C(CCc1c(-c2ccc(Cl)cc2)nc2ccc(-c3ccccc3)cn12)NCCN1CCOCC1. The lowest BCUT2D eigenvalue weighted by molar-refractivity contribution is -0.121. The third-order valence-electron chi connectivity index (χ3n) is 6.39. The molecule has 0 spiro atoms. The summed E-state index contributed by atoms with van der Waals surface area (Å²) >= 11 is 6.12. The Hall–Kier alpha value is -3.19. The highest BCUT2D eigenvalue weighted by Gasteiger charge is 2.17. The van der Waals surface area contributed by atoms with E-state index in [1.54, 1.807) is 0 Å². The first-order valence-corrected chi connectivity index (χ1v) is 12.4.